The molecule has 10 nitrogen and oxygen atoms in total. The zero-order valence-electron chi connectivity index (χ0n) is 45.8. The van der Waals surface area contributed by atoms with E-state index in [0.717, 1.165) is 82.1 Å². The lowest BCUT2D eigenvalue weighted by molar-refractivity contribution is -0.152. The fourth-order valence-electron chi connectivity index (χ4n) is 9.53. The molecule has 0 bridgehead atoms. The SMILES string of the molecule is C=C(C)C(=O)OCCc1ccc(N(c2ccc(CCOC(=O)C(=C)C)cc2)c2ccc(C3(c4ccc(N(c5ccc(CCOC(=O)C(=C)C)cc5)c5ccc(CCOC(=O)C(C)(C)C)cc5)cc4)CCCCC3)cc2)cc1. The Morgan fingerprint density at radius 2 is 0.649 bits per heavy atom. The minimum absolute atomic E-state index is 0.192. The molecule has 0 N–H and O–H groups in total. The minimum atomic E-state index is -0.557. The number of esters is 4. The molecule has 7 rings (SSSR count). The molecule has 1 fully saturated rings. The molecule has 0 aliphatic heterocycles. The van der Waals surface area contributed by atoms with Crippen LogP contribution in [0, 0.1) is 5.41 Å². The lowest BCUT2D eigenvalue weighted by atomic mass is 9.65. The molecule has 0 aromatic heterocycles. The first kappa shape index (κ1) is 56.7. The van der Waals surface area contributed by atoms with Crippen LogP contribution in [0.15, 0.2) is 182 Å². The highest BCUT2D eigenvalue weighted by Gasteiger charge is 2.36. The quantitative estimate of drug-likeness (QED) is 0.0349. The zero-order valence-corrected chi connectivity index (χ0v) is 45.8. The van der Waals surface area contributed by atoms with Crippen molar-refractivity contribution < 1.29 is 38.1 Å². The lowest BCUT2D eigenvalue weighted by Gasteiger charge is -2.39. The molecule has 6 aromatic carbocycles. The number of benzene rings is 6. The Bertz CT molecular complexity index is 2920. The van der Waals surface area contributed by atoms with Crippen LogP contribution in [0.1, 0.15) is 107 Å². The summed E-state index contributed by atoms with van der Waals surface area (Å²) in [5, 5.41) is 0. The van der Waals surface area contributed by atoms with Gasteiger partial charge in [-0.3, -0.25) is 4.79 Å². The van der Waals surface area contributed by atoms with Crippen molar-refractivity contribution in [3.63, 3.8) is 0 Å². The van der Waals surface area contributed by atoms with Crippen LogP contribution in [0.2, 0.25) is 0 Å². The van der Waals surface area contributed by atoms with Gasteiger partial charge in [0.2, 0.25) is 0 Å². The summed E-state index contributed by atoms with van der Waals surface area (Å²) in [5.74, 6) is -1.39. The molecule has 0 heterocycles. The summed E-state index contributed by atoms with van der Waals surface area (Å²) in [6, 6.07) is 51.6. The van der Waals surface area contributed by atoms with Crippen molar-refractivity contribution in [1.29, 1.82) is 0 Å². The van der Waals surface area contributed by atoms with Crippen LogP contribution in [-0.4, -0.2) is 50.3 Å². The molecular formula is C67H74N2O8. The monoisotopic (exact) mass is 1030 g/mol. The highest BCUT2D eigenvalue weighted by molar-refractivity contribution is 5.88. The summed E-state index contributed by atoms with van der Waals surface area (Å²) >= 11 is 0. The van der Waals surface area contributed by atoms with Gasteiger partial charge in [0.1, 0.15) is 0 Å². The fourth-order valence-corrected chi connectivity index (χ4v) is 9.53. The Labute approximate surface area is 456 Å². The zero-order chi connectivity index (χ0) is 55.1. The van der Waals surface area contributed by atoms with Crippen LogP contribution in [-0.2, 0) is 69.2 Å². The summed E-state index contributed by atoms with van der Waals surface area (Å²) in [6.07, 6.45) is 7.85. The lowest BCUT2D eigenvalue weighted by Crippen LogP contribution is -2.30. The summed E-state index contributed by atoms with van der Waals surface area (Å²) in [7, 11) is 0. The molecule has 1 saturated carbocycles. The van der Waals surface area contributed by atoms with E-state index in [1.807, 2.05) is 20.8 Å². The molecule has 0 amide bonds. The Hall–Kier alpha value is -7.98. The van der Waals surface area contributed by atoms with E-state index in [2.05, 4.69) is 175 Å². The van der Waals surface area contributed by atoms with Crippen LogP contribution in [0.25, 0.3) is 0 Å². The molecule has 0 saturated heterocycles. The smallest absolute Gasteiger partial charge is 0.333 e. The molecule has 77 heavy (non-hydrogen) atoms. The first-order chi connectivity index (χ1) is 36.9. The summed E-state index contributed by atoms with van der Waals surface area (Å²) in [5.41, 5.74) is 13.1. The summed E-state index contributed by atoms with van der Waals surface area (Å²) in [6.45, 7) is 22.7. The molecule has 0 radical (unpaired) electrons. The third-order valence-electron chi connectivity index (χ3n) is 14.0. The first-order valence-electron chi connectivity index (χ1n) is 26.7. The van der Waals surface area contributed by atoms with Gasteiger partial charge in [-0.2, -0.15) is 0 Å². The van der Waals surface area contributed by atoms with Crippen molar-refractivity contribution in [3.05, 3.63) is 215 Å². The Morgan fingerprint density at radius 1 is 0.403 bits per heavy atom. The maximum absolute atomic E-state index is 12.4. The largest absolute Gasteiger partial charge is 0.465 e. The van der Waals surface area contributed by atoms with Gasteiger partial charge in [-0.1, -0.05) is 112 Å². The van der Waals surface area contributed by atoms with Gasteiger partial charge in [-0.25, -0.2) is 14.4 Å². The number of carbonyl (C=O) groups is 4. The first-order valence-corrected chi connectivity index (χ1v) is 26.7. The van der Waals surface area contributed by atoms with Crippen molar-refractivity contribution >= 4 is 58.0 Å². The van der Waals surface area contributed by atoms with Crippen molar-refractivity contribution in [1.82, 2.24) is 0 Å². The highest BCUT2D eigenvalue weighted by atomic mass is 16.5. The van der Waals surface area contributed by atoms with E-state index in [9.17, 15) is 19.2 Å². The van der Waals surface area contributed by atoms with Crippen LogP contribution in [0.4, 0.5) is 34.1 Å². The van der Waals surface area contributed by atoms with Gasteiger partial charge in [0.15, 0.2) is 0 Å². The van der Waals surface area contributed by atoms with Crippen molar-refractivity contribution in [3.8, 4) is 0 Å². The third-order valence-corrected chi connectivity index (χ3v) is 14.0. The molecule has 6 aromatic rings. The third kappa shape index (κ3) is 15.1. The number of ether oxygens (including phenoxy) is 4. The average molecular weight is 1040 g/mol. The van der Waals surface area contributed by atoms with Crippen LogP contribution < -0.4 is 9.80 Å². The fraction of sp³-hybridized carbons (Fsp3) is 0.313. The molecule has 0 spiro atoms. The number of rotatable bonds is 23. The standard InChI is InChI=1S/C67H74N2O8/c1-47(2)62(70)74-43-37-50-13-25-56(26-14-50)68(57-27-15-51(16-28-57)38-44-75-63(71)48(3)4)60-33-21-54(22-34-60)67(41-11-10-12-42-67)55-23-35-61(36-24-55)69(58-29-17-52(18-30-58)39-45-76-64(72)49(5)6)59-31-19-53(20-32-59)40-46-77-65(73)66(7,8)9/h13-36H,1,3,5,10-12,37-46H2,2,4,6-9H3. The second-order valence-electron chi connectivity index (χ2n) is 21.2. The van der Waals surface area contributed by atoms with Gasteiger partial charge in [-0.05, 0) is 161 Å². The predicted molar refractivity (Wildman–Crippen MR) is 309 cm³/mol. The molecular weight excluding hydrogens is 961 g/mol. The number of hydrogen-bond donors (Lipinski definition) is 0. The summed E-state index contributed by atoms with van der Waals surface area (Å²) < 4.78 is 21.7. The van der Waals surface area contributed by atoms with Crippen LogP contribution >= 0.6 is 0 Å². The van der Waals surface area contributed by atoms with Gasteiger partial charge >= 0.3 is 23.9 Å². The van der Waals surface area contributed by atoms with Crippen LogP contribution in [0.5, 0.6) is 0 Å². The molecule has 0 atom stereocenters. The van der Waals surface area contributed by atoms with Gasteiger partial charge in [0, 0.05) is 81.9 Å². The molecule has 1 aliphatic carbocycles. The molecule has 400 valence electrons. The summed E-state index contributed by atoms with van der Waals surface area (Å²) in [4.78, 5) is 53.1. The molecule has 10 heteroatoms. The number of carbonyl (C=O) groups excluding carboxylic acids is 4. The Morgan fingerprint density at radius 3 is 0.896 bits per heavy atom. The van der Waals surface area contributed by atoms with E-state index < -0.39 is 17.4 Å². The maximum atomic E-state index is 12.4. The van der Waals surface area contributed by atoms with Crippen LogP contribution in [0.3, 0.4) is 0 Å². The van der Waals surface area contributed by atoms with Crippen molar-refractivity contribution in [2.45, 2.75) is 105 Å². The van der Waals surface area contributed by atoms with E-state index in [4.69, 9.17) is 18.9 Å². The predicted octanol–water partition coefficient (Wildman–Crippen LogP) is 15.0. The van der Waals surface area contributed by atoms with E-state index in [1.165, 1.54) is 17.5 Å². The van der Waals surface area contributed by atoms with Gasteiger partial charge in [-0.15, -0.1) is 0 Å². The highest BCUT2D eigenvalue weighted by Crippen LogP contribution is 2.47. The van der Waals surface area contributed by atoms with Gasteiger partial charge in [0.25, 0.3) is 0 Å². The Balaban J connectivity index is 1.17. The number of anilines is 6. The maximum Gasteiger partial charge on any atom is 0.333 e. The van der Waals surface area contributed by atoms with E-state index in [0.29, 0.717) is 49.0 Å². The second kappa shape index (κ2) is 26.2. The number of nitrogens with zero attached hydrogens (tertiary/aromatic N) is 2. The Kier molecular flexibility index (Phi) is 19.3. The van der Waals surface area contributed by atoms with E-state index in [1.54, 1.807) is 20.8 Å². The van der Waals surface area contributed by atoms with Crippen molar-refractivity contribution in [2.75, 3.05) is 36.2 Å². The molecule has 0 unspecified atom stereocenters. The van der Waals surface area contributed by atoms with E-state index >= 15 is 0 Å². The van der Waals surface area contributed by atoms with Crippen molar-refractivity contribution in [2.24, 2.45) is 5.41 Å². The minimum Gasteiger partial charge on any atom is -0.465 e. The van der Waals surface area contributed by atoms with E-state index in [-0.39, 0.29) is 37.2 Å². The molecule has 1 aliphatic rings. The topological polar surface area (TPSA) is 112 Å². The number of hydrogen-bond acceptors (Lipinski definition) is 10. The second-order valence-corrected chi connectivity index (χ2v) is 21.2. The van der Waals surface area contributed by atoms with Gasteiger partial charge in [0.05, 0.1) is 31.8 Å². The van der Waals surface area contributed by atoms with Gasteiger partial charge < -0.3 is 28.7 Å². The normalized spacial score (nSPS) is 12.9. The average Bonchev–Trinajstić information content (AvgIpc) is 3.44.